The highest BCUT2D eigenvalue weighted by Gasteiger charge is 2.53. The molecular weight excluding hydrogens is 485 g/mol. The largest absolute Gasteiger partial charge is 0.497 e. The number of methoxy groups -OCH3 is 1. The summed E-state index contributed by atoms with van der Waals surface area (Å²) in [4.78, 5) is 36.1. The van der Waals surface area contributed by atoms with Gasteiger partial charge in [0.05, 0.1) is 30.1 Å². The van der Waals surface area contributed by atoms with Crippen molar-refractivity contribution in [3.8, 4) is 5.75 Å². The van der Waals surface area contributed by atoms with Crippen LogP contribution in [0.2, 0.25) is 0 Å². The monoisotopic (exact) mass is 514 g/mol. The molecule has 1 saturated carbocycles. The molecule has 3 aromatic rings. The molecule has 0 bridgehead atoms. The Balaban J connectivity index is 1.43. The number of aromatic nitrogens is 2. The van der Waals surface area contributed by atoms with E-state index in [2.05, 4.69) is 15.3 Å². The zero-order chi connectivity index (χ0) is 26.4. The van der Waals surface area contributed by atoms with E-state index in [-0.39, 0.29) is 31.6 Å². The van der Waals surface area contributed by atoms with Crippen molar-refractivity contribution in [3.05, 3.63) is 53.7 Å². The molecule has 2 atom stereocenters. The van der Waals surface area contributed by atoms with Gasteiger partial charge in [-0.25, -0.2) is 18.2 Å². The van der Waals surface area contributed by atoms with Gasteiger partial charge in [-0.3, -0.25) is 9.59 Å². The number of pyridine rings is 1. The number of ether oxygens (including phenoxy) is 1. The third-order valence-corrected chi connectivity index (χ3v) is 7.56. The SMILES string of the molecule is COc1ccc(C2(C(=O)N3C[C@H](F)C[C@@H]3C(=O)Nc3ccc4[nH]c(C)cc4n3)CCC(F)(F)CC2)cc1. The zero-order valence-electron chi connectivity index (χ0n) is 20.7. The van der Waals surface area contributed by atoms with Gasteiger partial charge in [0.1, 0.15) is 23.8 Å². The van der Waals surface area contributed by atoms with Crippen LogP contribution in [0.15, 0.2) is 42.5 Å². The average molecular weight is 515 g/mol. The molecule has 1 saturated heterocycles. The molecule has 1 aliphatic carbocycles. The fourth-order valence-corrected chi connectivity index (χ4v) is 5.53. The van der Waals surface area contributed by atoms with Gasteiger partial charge < -0.3 is 19.9 Å². The molecule has 3 heterocycles. The van der Waals surface area contributed by atoms with Gasteiger partial charge in [0.15, 0.2) is 0 Å². The van der Waals surface area contributed by atoms with E-state index in [1.54, 1.807) is 36.4 Å². The Hall–Kier alpha value is -3.56. The van der Waals surface area contributed by atoms with Crippen molar-refractivity contribution in [2.75, 3.05) is 19.0 Å². The van der Waals surface area contributed by atoms with Crippen LogP contribution >= 0.6 is 0 Å². The molecule has 1 aliphatic heterocycles. The first kappa shape index (κ1) is 25.1. The average Bonchev–Trinajstić information content (AvgIpc) is 3.45. The van der Waals surface area contributed by atoms with Crippen LogP contribution < -0.4 is 10.1 Å². The van der Waals surface area contributed by atoms with Gasteiger partial charge in [0.25, 0.3) is 0 Å². The lowest BCUT2D eigenvalue weighted by atomic mass is 9.67. The Bertz CT molecular complexity index is 1310. The van der Waals surface area contributed by atoms with Crippen LogP contribution in [0.4, 0.5) is 19.0 Å². The van der Waals surface area contributed by atoms with Gasteiger partial charge in [0, 0.05) is 25.0 Å². The predicted molar refractivity (Wildman–Crippen MR) is 133 cm³/mol. The number of aryl methyl sites for hydroxylation is 1. The van der Waals surface area contributed by atoms with Crippen molar-refractivity contribution in [1.82, 2.24) is 14.9 Å². The Kier molecular flexibility index (Phi) is 6.37. The van der Waals surface area contributed by atoms with Gasteiger partial charge in [-0.1, -0.05) is 12.1 Å². The Morgan fingerprint density at radius 3 is 2.49 bits per heavy atom. The summed E-state index contributed by atoms with van der Waals surface area (Å²) < 4.78 is 48.2. The maximum atomic E-state index is 14.7. The molecule has 0 radical (unpaired) electrons. The number of rotatable bonds is 5. The lowest BCUT2D eigenvalue weighted by molar-refractivity contribution is -0.146. The normalized spacial score (nSPS) is 22.7. The van der Waals surface area contributed by atoms with Crippen LogP contribution in [0, 0.1) is 6.92 Å². The smallest absolute Gasteiger partial charge is 0.248 e. The fourth-order valence-electron chi connectivity index (χ4n) is 5.53. The molecule has 10 heteroatoms. The molecular formula is C27H29F3N4O3. The van der Waals surface area contributed by atoms with Crippen LogP contribution in [-0.2, 0) is 15.0 Å². The fraction of sp³-hybridized carbons (Fsp3) is 0.444. The van der Waals surface area contributed by atoms with E-state index < -0.39 is 48.2 Å². The molecule has 196 valence electrons. The number of hydrogen-bond acceptors (Lipinski definition) is 4. The number of fused-ring (bicyclic) bond motifs is 1. The number of nitrogens with one attached hydrogen (secondary N) is 2. The highest BCUT2D eigenvalue weighted by atomic mass is 19.3. The van der Waals surface area contributed by atoms with Gasteiger partial charge >= 0.3 is 0 Å². The van der Waals surface area contributed by atoms with E-state index in [4.69, 9.17) is 4.74 Å². The zero-order valence-corrected chi connectivity index (χ0v) is 20.7. The molecule has 2 aromatic heterocycles. The van der Waals surface area contributed by atoms with E-state index in [1.165, 1.54) is 12.0 Å². The minimum Gasteiger partial charge on any atom is -0.497 e. The molecule has 2 amide bonds. The third-order valence-electron chi connectivity index (χ3n) is 7.56. The molecule has 0 spiro atoms. The number of amides is 2. The maximum absolute atomic E-state index is 14.7. The number of likely N-dealkylation sites (tertiary alicyclic amines) is 1. The minimum atomic E-state index is -2.87. The van der Waals surface area contributed by atoms with Crippen LogP contribution in [0.1, 0.15) is 43.4 Å². The van der Waals surface area contributed by atoms with E-state index in [0.29, 0.717) is 16.8 Å². The van der Waals surface area contributed by atoms with Crippen LogP contribution in [0.5, 0.6) is 5.75 Å². The third kappa shape index (κ3) is 4.76. The van der Waals surface area contributed by atoms with Crippen LogP contribution in [0.25, 0.3) is 11.0 Å². The van der Waals surface area contributed by atoms with Gasteiger partial charge in [0.2, 0.25) is 17.7 Å². The van der Waals surface area contributed by atoms with Gasteiger partial charge in [-0.2, -0.15) is 0 Å². The van der Waals surface area contributed by atoms with Crippen molar-refractivity contribution in [2.24, 2.45) is 0 Å². The highest BCUT2D eigenvalue weighted by molar-refractivity contribution is 5.99. The first-order valence-corrected chi connectivity index (χ1v) is 12.3. The molecule has 1 aromatic carbocycles. The second kappa shape index (κ2) is 9.39. The van der Waals surface area contributed by atoms with E-state index in [9.17, 15) is 22.8 Å². The molecule has 5 rings (SSSR count). The Morgan fingerprint density at radius 1 is 1.11 bits per heavy atom. The van der Waals surface area contributed by atoms with Gasteiger partial charge in [-0.15, -0.1) is 0 Å². The summed E-state index contributed by atoms with van der Waals surface area (Å²) in [7, 11) is 1.51. The maximum Gasteiger partial charge on any atom is 0.248 e. The number of carbonyl (C=O) groups is 2. The van der Waals surface area contributed by atoms with Crippen molar-refractivity contribution >= 4 is 28.7 Å². The van der Waals surface area contributed by atoms with E-state index in [0.717, 1.165) is 11.2 Å². The Labute approximate surface area is 212 Å². The van der Waals surface area contributed by atoms with Crippen molar-refractivity contribution < 1.29 is 27.5 Å². The van der Waals surface area contributed by atoms with E-state index >= 15 is 0 Å². The van der Waals surface area contributed by atoms with Crippen LogP contribution in [0.3, 0.4) is 0 Å². The quantitative estimate of drug-likeness (QED) is 0.507. The molecule has 2 N–H and O–H groups in total. The summed E-state index contributed by atoms with van der Waals surface area (Å²) in [5.74, 6) is -3.08. The molecule has 7 nitrogen and oxygen atoms in total. The second-order valence-electron chi connectivity index (χ2n) is 10.0. The molecule has 0 unspecified atom stereocenters. The summed E-state index contributed by atoms with van der Waals surface area (Å²) in [5, 5.41) is 2.71. The standard InChI is InChI=1S/C27H29F3N4O3/c1-16-13-21-20(31-16)7-8-23(32-21)33-24(35)22-14-18(28)15-34(22)25(36)26(9-11-27(29,30)12-10-26)17-3-5-19(37-2)6-4-17/h3-8,13,18,22,31H,9-12,14-15H2,1-2H3,(H,32,33,35)/t18-,22-/m1/s1. The number of halogens is 3. The number of aromatic amines is 1. The molecule has 37 heavy (non-hydrogen) atoms. The number of alkyl halides is 3. The van der Waals surface area contributed by atoms with Crippen molar-refractivity contribution in [2.45, 2.75) is 62.6 Å². The topological polar surface area (TPSA) is 87.3 Å². The van der Waals surface area contributed by atoms with Crippen LogP contribution in [-0.4, -0.2) is 58.5 Å². The van der Waals surface area contributed by atoms with Gasteiger partial charge in [-0.05, 0) is 55.7 Å². The first-order chi connectivity index (χ1) is 17.6. The number of H-pyrrole nitrogens is 1. The highest BCUT2D eigenvalue weighted by Crippen LogP contribution is 2.47. The summed E-state index contributed by atoms with van der Waals surface area (Å²) in [6.07, 6.45) is -2.70. The van der Waals surface area contributed by atoms with Crippen molar-refractivity contribution in [1.29, 1.82) is 0 Å². The van der Waals surface area contributed by atoms with Crippen molar-refractivity contribution in [3.63, 3.8) is 0 Å². The molecule has 2 fully saturated rings. The minimum absolute atomic E-state index is 0.0992. The number of nitrogens with zero attached hydrogens (tertiary/aromatic N) is 2. The first-order valence-electron chi connectivity index (χ1n) is 12.3. The number of benzene rings is 1. The summed E-state index contributed by atoms with van der Waals surface area (Å²) in [5.41, 5.74) is 1.68. The Morgan fingerprint density at radius 2 is 1.81 bits per heavy atom. The molecule has 2 aliphatic rings. The summed E-state index contributed by atoms with van der Waals surface area (Å²) in [6.45, 7) is 1.62. The summed E-state index contributed by atoms with van der Waals surface area (Å²) >= 11 is 0. The number of anilines is 1. The second-order valence-corrected chi connectivity index (χ2v) is 10.0. The predicted octanol–water partition coefficient (Wildman–Crippen LogP) is 4.90. The lowest BCUT2D eigenvalue weighted by Gasteiger charge is -2.42. The number of hydrogen-bond donors (Lipinski definition) is 2. The summed E-state index contributed by atoms with van der Waals surface area (Å²) in [6, 6.07) is 10.9. The number of carbonyl (C=O) groups excluding carboxylic acids is 2. The lowest BCUT2D eigenvalue weighted by Crippen LogP contribution is -2.54. The van der Waals surface area contributed by atoms with E-state index in [1.807, 2.05) is 13.0 Å².